The fraction of sp³-hybridized carbons (Fsp3) is 0.375. The van der Waals surface area contributed by atoms with Crippen molar-refractivity contribution in [2.45, 2.75) is 31.9 Å². The summed E-state index contributed by atoms with van der Waals surface area (Å²) in [6.45, 7) is 2.22. The highest BCUT2D eigenvalue weighted by Crippen LogP contribution is 2.32. The van der Waals surface area contributed by atoms with Gasteiger partial charge >= 0.3 is 0 Å². The molecule has 0 fully saturated rings. The molecule has 0 radical (unpaired) electrons. The molecule has 0 bridgehead atoms. The van der Waals surface area contributed by atoms with Crippen molar-refractivity contribution in [2.75, 3.05) is 6.61 Å². The van der Waals surface area contributed by atoms with Crippen LogP contribution in [0.25, 0.3) is 0 Å². The third-order valence-corrected chi connectivity index (χ3v) is 5.01. The Kier molecular flexibility index (Phi) is 6.23. The minimum Gasteiger partial charge on any atom is -0.483 e. The van der Waals surface area contributed by atoms with Crippen molar-refractivity contribution in [1.82, 2.24) is 0 Å². The maximum atomic E-state index is 8.94. The summed E-state index contributed by atoms with van der Waals surface area (Å²) < 4.78 is 7.18. The minimum atomic E-state index is -0.144. The molecule has 0 spiro atoms. The Bertz CT molecular complexity index is 556. The molecule has 0 aliphatic rings. The fourth-order valence-corrected chi connectivity index (χ4v) is 3.59. The number of hydrogen-bond donors (Lipinski definition) is 2. The summed E-state index contributed by atoms with van der Waals surface area (Å²) in [5.41, 5.74) is 7.31. The van der Waals surface area contributed by atoms with Crippen LogP contribution in [0.3, 0.4) is 0 Å². The molecule has 0 amide bonds. The molecule has 2 aromatic rings. The second-order valence-electron chi connectivity index (χ2n) is 4.87. The van der Waals surface area contributed by atoms with Crippen LogP contribution in [0.5, 0.6) is 5.75 Å². The quantitative estimate of drug-likeness (QED) is 0.777. The van der Waals surface area contributed by atoms with Gasteiger partial charge in [-0.2, -0.15) is 0 Å². The summed E-state index contributed by atoms with van der Waals surface area (Å²) in [6, 6.07) is 11.8. The number of benzene rings is 1. The molecule has 0 aliphatic carbocycles. The number of aliphatic hydroxyl groups is 1. The predicted octanol–water partition coefficient (Wildman–Crippen LogP) is 3.90. The first-order chi connectivity index (χ1) is 10.1. The number of halogens is 1. The van der Waals surface area contributed by atoms with Gasteiger partial charge in [-0.15, -0.1) is 11.3 Å². The number of rotatable bonds is 7. The second kappa shape index (κ2) is 7.94. The second-order valence-corrected chi connectivity index (χ2v) is 7.36. The maximum absolute atomic E-state index is 8.94. The van der Waals surface area contributed by atoms with Gasteiger partial charge in [0.05, 0.1) is 3.79 Å². The van der Waals surface area contributed by atoms with Gasteiger partial charge in [0.25, 0.3) is 0 Å². The van der Waals surface area contributed by atoms with Crippen LogP contribution in [0.4, 0.5) is 0 Å². The van der Waals surface area contributed by atoms with Crippen LogP contribution in [-0.4, -0.2) is 17.8 Å². The smallest absolute Gasteiger partial charge is 0.148 e. The van der Waals surface area contributed by atoms with Gasteiger partial charge in [0, 0.05) is 17.5 Å². The van der Waals surface area contributed by atoms with Gasteiger partial charge in [-0.3, -0.25) is 0 Å². The summed E-state index contributed by atoms with van der Waals surface area (Å²) in [6.07, 6.45) is 1.37. The van der Waals surface area contributed by atoms with E-state index in [9.17, 15) is 0 Å². The van der Waals surface area contributed by atoms with Gasteiger partial charge in [-0.05, 0) is 58.6 Å². The van der Waals surface area contributed by atoms with E-state index in [0.717, 1.165) is 26.4 Å². The summed E-state index contributed by atoms with van der Waals surface area (Å²) in [7, 11) is 0. The van der Waals surface area contributed by atoms with E-state index in [-0.39, 0.29) is 18.8 Å². The lowest BCUT2D eigenvalue weighted by Crippen LogP contribution is -2.30. The van der Waals surface area contributed by atoms with Crippen LogP contribution in [0.2, 0.25) is 0 Å². The van der Waals surface area contributed by atoms with Gasteiger partial charge in [-0.25, -0.2) is 0 Å². The van der Waals surface area contributed by atoms with Crippen LogP contribution in [0.15, 0.2) is 40.2 Å². The molecule has 0 saturated heterocycles. The molecule has 5 heteroatoms. The highest BCUT2D eigenvalue weighted by Gasteiger charge is 2.22. The van der Waals surface area contributed by atoms with E-state index >= 15 is 0 Å². The Morgan fingerprint density at radius 1 is 1.24 bits per heavy atom. The van der Waals surface area contributed by atoms with Crippen molar-refractivity contribution in [2.24, 2.45) is 5.73 Å². The standard InChI is InChI=1S/C16H20BrNO2S/c1-2-13(18)16(14-7-8-15(17)21-14)20-12-5-3-11(4-6-12)9-10-19/h3-8,13,16,19H,2,9-10,18H2,1H3. The lowest BCUT2D eigenvalue weighted by molar-refractivity contribution is 0.174. The predicted molar refractivity (Wildman–Crippen MR) is 90.9 cm³/mol. The minimum absolute atomic E-state index is 0.0485. The molecular formula is C16H20BrNO2S. The van der Waals surface area contributed by atoms with E-state index in [0.29, 0.717) is 6.42 Å². The lowest BCUT2D eigenvalue weighted by Gasteiger charge is -2.23. The number of aliphatic hydroxyl groups excluding tert-OH is 1. The SMILES string of the molecule is CCC(N)C(Oc1ccc(CCO)cc1)c1ccc(Br)s1. The van der Waals surface area contributed by atoms with Crippen molar-refractivity contribution in [3.63, 3.8) is 0 Å². The Hall–Kier alpha value is -0.880. The molecule has 21 heavy (non-hydrogen) atoms. The molecule has 1 aromatic heterocycles. The van der Waals surface area contributed by atoms with E-state index < -0.39 is 0 Å². The molecule has 114 valence electrons. The van der Waals surface area contributed by atoms with Gasteiger partial charge in [-0.1, -0.05) is 19.1 Å². The highest BCUT2D eigenvalue weighted by molar-refractivity contribution is 9.11. The maximum Gasteiger partial charge on any atom is 0.148 e. The van der Waals surface area contributed by atoms with Crippen LogP contribution in [-0.2, 0) is 6.42 Å². The molecule has 2 atom stereocenters. The molecule has 1 heterocycles. The van der Waals surface area contributed by atoms with E-state index in [1.54, 1.807) is 11.3 Å². The Morgan fingerprint density at radius 3 is 2.48 bits per heavy atom. The van der Waals surface area contributed by atoms with Crippen molar-refractivity contribution in [3.05, 3.63) is 50.6 Å². The third-order valence-electron chi connectivity index (χ3n) is 3.32. The molecule has 2 unspecified atom stereocenters. The number of thiophene rings is 1. The molecule has 0 aliphatic heterocycles. The van der Waals surface area contributed by atoms with Crippen LogP contribution in [0, 0.1) is 0 Å². The Balaban J connectivity index is 2.15. The molecule has 1 aromatic carbocycles. The largest absolute Gasteiger partial charge is 0.483 e. The normalized spacial score (nSPS) is 13.9. The van der Waals surface area contributed by atoms with Crippen molar-refractivity contribution in [3.8, 4) is 5.75 Å². The summed E-state index contributed by atoms with van der Waals surface area (Å²) >= 11 is 5.13. The molecule has 3 N–H and O–H groups in total. The molecule has 0 saturated carbocycles. The Morgan fingerprint density at radius 2 is 1.95 bits per heavy atom. The summed E-state index contributed by atoms with van der Waals surface area (Å²) in [4.78, 5) is 1.12. The van der Waals surface area contributed by atoms with E-state index in [4.69, 9.17) is 15.6 Å². The van der Waals surface area contributed by atoms with Crippen LogP contribution >= 0.6 is 27.3 Å². The Labute approximate surface area is 137 Å². The van der Waals surface area contributed by atoms with Crippen LogP contribution in [0.1, 0.15) is 29.9 Å². The van der Waals surface area contributed by atoms with Crippen molar-refractivity contribution < 1.29 is 9.84 Å². The first kappa shape index (κ1) is 16.5. The van der Waals surface area contributed by atoms with Gasteiger partial charge < -0.3 is 15.6 Å². The first-order valence-corrected chi connectivity index (χ1v) is 8.62. The lowest BCUT2D eigenvalue weighted by atomic mass is 10.1. The average Bonchev–Trinajstić information content (AvgIpc) is 2.92. The van der Waals surface area contributed by atoms with Gasteiger partial charge in [0.15, 0.2) is 0 Å². The zero-order valence-electron chi connectivity index (χ0n) is 12.0. The highest BCUT2D eigenvalue weighted by atomic mass is 79.9. The van der Waals surface area contributed by atoms with Crippen molar-refractivity contribution in [1.29, 1.82) is 0 Å². The van der Waals surface area contributed by atoms with Crippen molar-refractivity contribution >= 4 is 27.3 Å². The average molecular weight is 370 g/mol. The third kappa shape index (κ3) is 4.54. The zero-order chi connectivity index (χ0) is 15.2. The number of ether oxygens (including phenoxy) is 1. The van der Waals surface area contributed by atoms with E-state index in [2.05, 4.69) is 28.9 Å². The monoisotopic (exact) mass is 369 g/mol. The van der Waals surface area contributed by atoms with Crippen LogP contribution < -0.4 is 10.5 Å². The summed E-state index contributed by atoms with van der Waals surface area (Å²) in [5.74, 6) is 0.801. The zero-order valence-corrected chi connectivity index (χ0v) is 14.4. The van der Waals surface area contributed by atoms with E-state index in [1.807, 2.05) is 30.3 Å². The molecule has 3 nitrogen and oxygen atoms in total. The number of hydrogen-bond acceptors (Lipinski definition) is 4. The molecular weight excluding hydrogens is 350 g/mol. The fourth-order valence-electron chi connectivity index (χ4n) is 2.06. The summed E-state index contributed by atoms with van der Waals surface area (Å²) in [5, 5.41) is 8.94. The van der Waals surface area contributed by atoms with Gasteiger partial charge in [0.1, 0.15) is 11.9 Å². The number of nitrogens with two attached hydrogens (primary N) is 1. The van der Waals surface area contributed by atoms with E-state index in [1.165, 1.54) is 0 Å². The molecule has 2 rings (SSSR count). The van der Waals surface area contributed by atoms with Gasteiger partial charge in [0.2, 0.25) is 0 Å². The first-order valence-electron chi connectivity index (χ1n) is 7.01. The topological polar surface area (TPSA) is 55.5 Å².